The summed E-state index contributed by atoms with van der Waals surface area (Å²) in [6.45, 7) is 0.495. The predicted octanol–water partition coefficient (Wildman–Crippen LogP) is 4.13. The minimum atomic E-state index is -4.73. The van der Waals surface area contributed by atoms with Crippen LogP contribution < -0.4 is 15.8 Å². The molecule has 5 nitrogen and oxygen atoms in total. The standard InChI is InChI=1S/C18H19F4N3O2.HI/c1-26-16(13-4-6-14(19)7-5-13)11-25-17(23)24-10-12-2-8-15(9-3-12)27-18(20,21)22;/h2-9,16H,10-11H2,1H3,(H3,23,24,25);1H. The van der Waals surface area contributed by atoms with E-state index in [1.165, 1.54) is 43.5 Å². The van der Waals surface area contributed by atoms with Crippen molar-refractivity contribution >= 4 is 29.9 Å². The van der Waals surface area contributed by atoms with E-state index in [4.69, 9.17) is 10.5 Å². The summed E-state index contributed by atoms with van der Waals surface area (Å²) in [6, 6.07) is 11.2. The molecule has 0 saturated heterocycles. The molecule has 10 heteroatoms. The molecule has 0 radical (unpaired) electrons. The molecule has 0 bridgehead atoms. The number of rotatable bonds is 7. The third-order valence-electron chi connectivity index (χ3n) is 3.58. The smallest absolute Gasteiger partial charge is 0.406 e. The van der Waals surface area contributed by atoms with Gasteiger partial charge < -0.3 is 20.5 Å². The number of nitrogens with zero attached hydrogens (tertiary/aromatic N) is 1. The fraction of sp³-hybridized carbons (Fsp3) is 0.278. The molecule has 1 unspecified atom stereocenters. The molecule has 3 N–H and O–H groups in total. The van der Waals surface area contributed by atoms with Gasteiger partial charge in [-0.15, -0.1) is 37.1 Å². The first kappa shape index (κ1) is 24.0. The molecule has 0 saturated carbocycles. The zero-order valence-electron chi connectivity index (χ0n) is 14.9. The summed E-state index contributed by atoms with van der Waals surface area (Å²) in [6.07, 6.45) is -5.07. The Labute approximate surface area is 176 Å². The summed E-state index contributed by atoms with van der Waals surface area (Å²) < 4.78 is 58.5. The van der Waals surface area contributed by atoms with Crippen molar-refractivity contribution in [2.75, 3.05) is 13.7 Å². The molecule has 0 aromatic heterocycles. The van der Waals surface area contributed by atoms with Crippen molar-refractivity contribution in [1.29, 1.82) is 0 Å². The maximum Gasteiger partial charge on any atom is 0.573 e. The Kier molecular flexibility index (Phi) is 9.46. The normalized spacial score (nSPS) is 12.8. The van der Waals surface area contributed by atoms with Crippen molar-refractivity contribution in [2.24, 2.45) is 10.7 Å². The zero-order chi connectivity index (χ0) is 19.9. The first-order chi connectivity index (χ1) is 12.8. The van der Waals surface area contributed by atoms with Crippen LogP contribution in [0.25, 0.3) is 0 Å². The van der Waals surface area contributed by atoms with Gasteiger partial charge >= 0.3 is 6.36 Å². The summed E-state index contributed by atoms with van der Waals surface area (Å²) in [4.78, 5) is 4.12. The lowest BCUT2D eigenvalue weighted by molar-refractivity contribution is -0.274. The van der Waals surface area contributed by atoms with Crippen molar-refractivity contribution in [2.45, 2.75) is 19.0 Å². The number of guanidine groups is 1. The second-order valence-electron chi connectivity index (χ2n) is 5.55. The Morgan fingerprint density at radius 1 is 1.11 bits per heavy atom. The molecule has 2 aromatic carbocycles. The highest BCUT2D eigenvalue weighted by molar-refractivity contribution is 14.0. The zero-order valence-corrected chi connectivity index (χ0v) is 17.2. The van der Waals surface area contributed by atoms with Crippen molar-refractivity contribution in [1.82, 2.24) is 5.32 Å². The van der Waals surface area contributed by atoms with Crippen LogP contribution in [0, 0.1) is 5.82 Å². The van der Waals surface area contributed by atoms with E-state index in [9.17, 15) is 17.6 Å². The van der Waals surface area contributed by atoms with E-state index in [0.29, 0.717) is 12.1 Å². The number of alkyl halides is 3. The van der Waals surface area contributed by atoms with Crippen LogP contribution in [0.15, 0.2) is 53.5 Å². The molecule has 0 aliphatic rings. The number of nitrogens with one attached hydrogen (secondary N) is 1. The van der Waals surface area contributed by atoms with Crippen LogP contribution >= 0.6 is 24.0 Å². The Balaban J connectivity index is 0.00000392. The third kappa shape index (κ3) is 8.30. The molecule has 0 spiro atoms. The number of hydrogen-bond acceptors (Lipinski definition) is 3. The van der Waals surface area contributed by atoms with Gasteiger partial charge in [0, 0.05) is 13.7 Å². The molecule has 2 aromatic rings. The van der Waals surface area contributed by atoms with Crippen LogP contribution in [-0.2, 0) is 11.3 Å². The summed E-state index contributed by atoms with van der Waals surface area (Å²) in [7, 11) is 1.52. The lowest BCUT2D eigenvalue weighted by atomic mass is 10.1. The molecule has 0 aliphatic heterocycles. The molecule has 0 aliphatic carbocycles. The minimum absolute atomic E-state index is 0. The highest BCUT2D eigenvalue weighted by Crippen LogP contribution is 2.22. The van der Waals surface area contributed by atoms with Gasteiger partial charge in [-0.05, 0) is 35.4 Å². The van der Waals surface area contributed by atoms with Crippen LogP contribution in [0.5, 0.6) is 5.75 Å². The van der Waals surface area contributed by atoms with E-state index in [-0.39, 0.29) is 54.2 Å². The van der Waals surface area contributed by atoms with Crippen molar-refractivity contribution < 1.29 is 27.0 Å². The second-order valence-corrected chi connectivity index (χ2v) is 5.55. The summed E-state index contributed by atoms with van der Waals surface area (Å²) >= 11 is 0. The molecule has 0 heterocycles. The summed E-state index contributed by atoms with van der Waals surface area (Å²) in [5.41, 5.74) is 7.23. The topological polar surface area (TPSA) is 68.9 Å². The lowest BCUT2D eigenvalue weighted by Gasteiger charge is -2.17. The van der Waals surface area contributed by atoms with E-state index in [0.717, 1.165) is 5.56 Å². The molecule has 2 rings (SSSR count). The number of methoxy groups -OCH3 is 1. The second kappa shape index (κ2) is 11.1. The lowest BCUT2D eigenvalue weighted by Crippen LogP contribution is -2.35. The Bertz CT molecular complexity index is 753. The molecule has 154 valence electrons. The minimum Gasteiger partial charge on any atom is -0.406 e. The van der Waals surface area contributed by atoms with Gasteiger partial charge in [0.25, 0.3) is 0 Å². The molecule has 28 heavy (non-hydrogen) atoms. The van der Waals surface area contributed by atoms with Crippen LogP contribution in [0.3, 0.4) is 0 Å². The maximum absolute atomic E-state index is 13.0. The SMILES string of the molecule is COC(CNC(N)=NCc1ccc(OC(F)(F)F)cc1)c1ccc(F)cc1.I. The van der Waals surface area contributed by atoms with Gasteiger partial charge in [-0.25, -0.2) is 9.38 Å². The highest BCUT2D eigenvalue weighted by Gasteiger charge is 2.30. The van der Waals surface area contributed by atoms with Crippen LogP contribution in [0.1, 0.15) is 17.2 Å². The monoisotopic (exact) mass is 513 g/mol. The Morgan fingerprint density at radius 2 is 1.71 bits per heavy atom. The number of hydrogen-bond donors (Lipinski definition) is 2. The van der Waals surface area contributed by atoms with E-state index < -0.39 is 6.36 Å². The highest BCUT2D eigenvalue weighted by atomic mass is 127. The largest absolute Gasteiger partial charge is 0.573 e. The van der Waals surface area contributed by atoms with E-state index in [1.54, 1.807) is 12.1 Å². The molecular formula is C18H20F4IN3O2. The van der Waals surface area contributed by atoms with Crippen LogP contribution in [0.4, 0.5) is 17.6 Å². The average Bonchev–Trinajstić information content (AvgIpc) is 2.62. The Morgan fingerprint density at radius 3 is 2.25 bits per heavy atom. The van der Waals surface area contributed by atoms with Gasteiger partial charge in [0.05, 0.1) is 12.6 Å². The Hall–Kier alpha value is -2.08. The van der Waals surface area contributed by atoms with E-state index >= 15 is 0 Å². The quantitative estimate of drug-likeness (QED) is 0.253. The third-order valence-corrected chi connectivity index (χ3v) is 3.58. The first-order valence-electron chi connectivity index (χ1n) is 7.93. The van der Waals surface area contributed by atoms with Gasteiger partial charge in [0.1, 0.15) is 11.6 Å². The predicted molar refractivity (Wildman–Crippen MR) is 108 cm³/mol. The maximum atomic E-state index is 13.0. The van der Waals surface area contributed by atoms with Crippen molar-refractivity contribution in [3.8, 4) is 5.75 Å². The number of nitrogens with two attached hydrogens (primary N) is 1. The molecular weight excluding hydrogens is 493 g/mol. The molecule has 0 fully saturated rings. The number of aliphatic imine (C=N–C) groups is 1. The van der Waals surface area contributed by atoms with Gasteiger partial charge in [-0.1, -0.05) is 24.3 Å². The van der Waals surface area contributed by atoms with Gasteiger partial charge in [-0.2, -0.15) is 0 Å². The first-order valence-corrected chi connectivity index (χ1v) is 7.93. The van der Waals surface area contributed by atoms with Crippen LogP contribution in [-0.4, -0.2) is 26.0 Å². The van der Waals surface area contributed by atoms with Crippen LogP contribution in [0.2, 0.25) is 0 Å². The summed E-state index contributed by atoms with van der Waals surface area (Å²) in [5.74, 6) is -0.493. The van der Waals surface area contributed by atoms with Gasteiger partial charge in [0.2, 0.25) is 0 Å². The van der Waals surface area contributed by atoms with Gasteiger partial charge in [0.15, 0.2) is 5.96 Å². The fourth-order valence-electron chi connectivity index (χ4n) is 2.24. The van der Waals surface area contributed by atoms with E-state index in [2.05, 4.69) is 15.0 Å². The molecule has 0 amide bonds. The van der Waals surface area contributed by atoms with Crippen molar-refractivity contribution in [3.63, 3.8) is 0 Å². The van der Waals surface area contributed by atoms with Crippen molar-refractivity contribution in [3.05, 3.63) is 65.5 Å². The van der Waals surface area contributed by atoms with Gasteiger partial charge in [-0.3, -0.25) is 0 Å². The molecule has 1 atom stereocenters. The average molecular weight is 513 g/mol. The number of ether oxygens (including phenoxy) is 2. The van der Waals surface area contributed by atoms with E-state index in [1.807, 2.05) is 0 Å². The number of halogens is 5. The summed E-state index contributed by atoms with van der Waals surface area (Å²) in [5, 5.41) is 2.90. The number of benzene rings is 2. The fourth-order valence-corrected chi connectivity index (χ4v) is 2.24.